The first-order valence-corrected chi connectivity index (χ1v) is 9.20. The van der Waals surface area contributed by atoms with E-state index in [1.807, 2.05) is 0 Å². The van der Waals surface area contributed by atoms with Crippen LogP contribution in [0.15, 0.2) is 48.5 Å². The van der Waals surface area contributed by atoms with Crippen LogP contribution >= 0.6 is 12.4 Å². The minimum atomic E-state index is -0.269. The molecule has 7 heteroatoms. The third-order valence-electron chi connectivity index (χ3n) is 4.72. The van der Waals surface area contributed by atoms with E-state index in [0.29, 0.717) is 35.0 Å². The van der Waals surface area contributed by atoms with Crippen LogP contribution in [0.25, 0.3) is 0 Å². The van der Waals surface area contributed by atoms with E-state index in [1.165, 1.54) is 0 Å². The van der Waals surface area contributed by atoms with Crippen molar-refractivity contribution >= 4 is 29.9 Å². The predicted molar refractivity (Wildman–Crippen MR) is 113 cm³/mol. The molecule has 2 aromatic carbocycles. The third kappa shape index (κ3) is 5.71. The van der Waals surface area contributed by atoms with E-state index in [2.05, 4.69) is 16.0 Å². The first-order valence-electron chi connectivity index (χ1n) is 9.20. The number of hydrogen-bond acceptors (Lipinski definition) is 4. The zero-order valence-corrected chi connectivity index (χ0v) is 16.7. The number of benzene rings is 2. The number of hydrogen-bond donors (Lipinski definition) is 3. The molecule has 0 saturated carbocycles. The van der Waals surface area contributed by atoms with E-state index >= 15 is 0 Å². The lowest BCUT2D eigenvalue weighted by molar-refractivity contribution is 0.0945. The highest BCUT2D eigenvalue weighted by Gasteiger charge is 2.17. The molecule has 150 valence electrons. The lowest BCUT2D eigenvalue weighted by atomic mass is 9.99. The van der Waals surface area contributed by atoms with Gasteiger partial charge < -0.3 is 20.7 Å². The summed E-state index contributed by atoms with van der Waals surface area (Å²) in [6.07, 6.45) is 2.25. The van der Waals surface area contributed by atoms with Crippen molar-refractivity contribution in [3.05, 3.63) is 59.7 Å². The topological polar surface area (TPSA) is 79.5 Å². The Morgan fingerprint density at radius 1 is 1.11 bits per heavy atom. The number of piperidine rings is 1. The van der Waals surface area contributed by atoms with Crippen LogP contribution in [0, 0.1) is 5.92 Å². The van der Waals surface area contributed by atoms with Crippen LogP contribution in [0.1, 0.15) is 33.6 Å². The van der Waals surface area contributed by atoms with Crippen molar-refractivity contribution in [3.8, 4) is 5.75 Å². The second-order valence-electron chi connectivity index (χ2n) is 6.65. The number of rotatable bonds is 6. The average molecular weight is 404 g/mol. The Labute approximate surface area is 171 Å². The molecule has 1 unspecified atom stereocenters. The summed E-state index contributed by atoms with van der Waals surface area (Å²) in [6, 6.07) is 13.9. The summed E-state index contributed by atoms with van der Waals surface area (Å²) in [7, 11) is 1.58. The monoisotopic (exact) mass is 403 g/mol. The van der Waals surface area contributed by atoms with E-state index in [-0.39, 0.29) is 24.2 Å². The number of methoxy groups -OCH3 is 1. The molecule has 1 saturated heterocycles. The number of para-hydroxylation sites is 1. The molecule has 1 aliphatic heterocycles. The number of ether oxygens (including phenoxy) is 1. The quantitative estimate of drug-likeness (QED) is 0.692. The van der Waals surface area contributed by atoms with E-state index < -0.39 is 0 Å². The highest BCUT2D eigenvalue weighted by Crippen LogP contribution is 2.18. The van der Waals surface area contributed by atoms with Crippen LogP contribution in [0.3, 0.4) is 0 Å². The summed E-state index contributed by atoms with van der Waals surface area (Å²) < 4.78 is 5.11. The molecule has 0 aliphatic carbocycles. The normalized spacial score (nSPS) is 15.8. The fraction of sp³-hybridized carbons (Fsp3) is 0.333. The van der Waals surface area contributed by atoms with E-state index in [1.54, 1.807) is 55.6 Å². The van der Waals surface area contributed by atoms with Gasteiger partial charge in [0.05, 0.1) is 18.4 Å². The van der Waals surface area contributed by atoms with Gasteiger partial charge in [-0.2, -0.15) is 0 Å². The molecule has 0 radical (unpaired) electrons. The van der Waals surface area contributed by atoms with Gasteiger partial charge in [0, 0.05) is 12.1 Å². The average Bonchev–Trinajstić information content (AvgIpc) is 2.73. The van der Waals surface area contributed by atoms with Crippen LogP contribution in [0.5, 0.6) is 5.75 Å². The van der Waals surface area contributed by atoms with Crippen LogP contribution in [-0.2, 0) is 0 Å². The molecular weight excluding hydrogens is 378 g/mol. The van der Waals surface area contributed by atoms with Crippen LogP contribution in [0.2, 0.25) is 0 Å². The minimum Gasteiger partial charge on any atom is -0.497 e. The molecule has 0 aromatic heterocycles. The molecule has 3 N–H and O–H groups in total. The smallest absolute Gasteiger partial charge is 0.255 e. The molecule has 28 heavy (non-hydrogen) atoms. The fourth-order valence-corrected chi connectivity index (χ4v) is 3.16. The summed E-state index contributed by atoms with van der Waals surface area (Å²) in [5.74, 6) is 0.688. The summed E-state index contributed by atoms with van der Waals surface area (Å²) in [5.41, 5.74) is 1.46. The van der Waals surface area contributed by atoms with E-state index in [9.17, 15) is 9.59 Å². The van der Waals surface area contributed by atoms with Crippen LogP contribution < -0.4 is 20.7 Å². The molecule has 1 fully saturated rings. The SMILES string of the molecule is COc1ccc(C(=O)Nc2ccccc2C(=O)NCC2CCCNC2)cc1.Cl. The highest BCUT2D eigenvalue weighted by atomic mass is 35.5. The number of carbonyl (C=O) groups is 2. The van der Waals surface area contributed by atoms with Gasteiger partial charge in [0.2, 0.25) is 0 Å². The Hall–Kier alpha value is -2.57. The van der Waals surface area contributed by atoms with E-state index in [4.69, 9.17) is 4.74 Å². The Balaban J connectivity index is 0.00000280. The van der Waals surface area contributed by atoms with Crippen LogP contribution in [0.4, 0.5) is 5.69 Å². The standard InChI is InChI=1S/C21H25N3O3.ClH/c1-27-17-10-8-16(9-11-17)20(25)24-19-7-3-2-6-18(19)21(26)23-14-15-5-4-12-22-13-15;/h2-3,6-11,15,22H,4-5,12-14H2,1H3,(H,23,26)(H,24,25);1H. The van der Waals surface area contributed by atoms with Gasteiger partial charge in [0.15, 0.2) is 0 Å². The van der Waals surface area contributed by atoms with Gasteiger partial charge in [-0.15, -0.1) is 12.4 Å². The molecule has 6 nitrogen and oxygen atoms in total. The van der Waals surface area contributed by atoms with Crippen molar-refractivity contribution in [1.29, 1.82) is 0 Å². The predicted octanol–water partition coefficient (Wildman–Crippen LogP) is 3.10. The van der Waals surface area contributed by atoms with Crippen molar-refractivity contribution in [2.75, 3.05) is 32.1 Å². The van der Waals surface area contributed by atoms with Crippen molar-refractivity contribution in [2.45, 2.75) is 12.8 Å². The zero-order chi connectivity index (χ0) is 19.1. The Morgan fingerprint density at radius 3 is 2.54 bits per heavy atom. The highest BCUT2D eigenvalue weighted by molar-refractivity contribution is 6.09. The Kier molecular flexibility index (Phi) is 8.29. The number of amides is 2. The largest absolute Gasteiger partial charge is 0.497 e. The molecule has 1 aliphatic rings. The molecule has 1 heterocycles. The number of nitrogens with one attached hydrogen (secondary N) is 3. The maximum Gasteiger partial charge on any atom is 0.255 e. The number of halogens is 1. The first kappa shape index (κ1) is 21.7. The molecule has 0 bridgehead atoms. The maximum atomic E-state index is 12.6. The van der Waals surface area contributed by atoms with Gasteiger partial charge in [-0.3, -0.25) is 9.59 Å². The minimum absolute atomic E-state index is 0. The Bertz CT molecular complexity index is 790. The Morgan fingerprint density at radius 2 is 1.86 bits per heavy atom. The summed E-state index contributed by atoms with van der Waals surface area (Å²) in [4.78, 5) is 25.1. The number of carbonyl (C=O) groups excluding carboxylic acids is 2. The van der Waals surface area contributed by atoms with Crippen molar-refractivity contribution in [2.24, 2.45) is 5.92 Å². The summed E-state index contributed by atoms with van der Waals surface area (Å²) >= 11 is 0. The number of anilines is 1. The van der Waals surface area contributed by atoms with Gasteiger partial charge in [0.25, 0.3) is 11.8 Å². The second kappa shape index (κ2) is 10.7. The zero-order valence-electron chi connectivity index (χ0n) is 15.9. The van der Waals surface area contributed by atoms with Crippen molar-refractivity contribution < 1.29 is 14.3 Å². The first-order chi connectivity index (χ1) is 13.2. The molecule has 3 rings (SSSR count). The summed E-state index contributed by atoms with van der Waals surface area (Å²) in [6.45, 7) is 2.60. The lowest BCUT2D eigenvalue weighted by Gasteiger charge is -2.23. The fourth-order valence-electron chi connectivity index (χ4n) is 3.16. The van der Waals surface area contributed by atoms with Gasteiger partial charge in [-0.1, -0.05) is 12.1 Å². The third-order valence-corrected chi connectivity index (χ3v) is 4.72. The molecule has 2 amide bonds. The molecule has 0 spiro atoms. The molecular formula is C21H26ClN3O3. The van der Waals surface area contributed by atoms with Gasteiger partial charge in [-0.25, -0.2) is 0 Å². The summed E-state index contributed by atoms with van der Waals surface area (Å²) in [5, 5.41) is 9.17. The molecule has 1 atom stereocenters. The maximum absolute atomic E-state index is 12.6. The van der Waals surface area contributed by atoms with Gasteiger partial charge >= 0.3 is 0 Å². The second-order valence-corrected chi connectivity index (χ2v) is 6.65. The van der Waals surface area contributed by atoms with Crippen molar-refractivity contribution in [3.63, 3.8) is 0 Å². The van der Waals surface area contributed by atoms with Gasteiger partial charge in [-0.05, 0) is 68.2 Å². The van der Waals surface area contributed by atoms with Crippen molar-refractivity contribution in [1.82, 2.24) is 10.6 Å². The lowest BCUT2D eigenvalue weighted by Crippen LogP contribution is -2.38. The van der Waals surface area contributed by atoms with Crippen LogP contribution in [-0.4, -0.2) is 38.6 Å². The van der Waals surface area contributed by atoms with E-state index in [0.717, 1.165) is 25.9 Å². The molecule has 2 aromatic rings. The van der Waals surface area contributed by atoms with Gasteiger partial charge in [0.1, 0.15) is 5.75 Å².